The van der Waals surface area contributed by atoms with Crippen molar-refractivity contribution in [2.75, 3.05) is 16.8 Å². The highest BCUT2D eigenvalue weighted by atomic mass is 19.1. The molecule has 0 saturated heterocycles. The van der Waals surface area contributed by atoms with Crippen LogP contribution in [0.3, 0.4) is 0 Å². The molecule has 2 N–H and O–H groups in total. The Morgan fingerprint density at radius 3 is 2.89 bits per heavy atom. The first kappa shape index (κ1) is 19.4. The molecule has 0 atom stereocenters. The third-order valence-corrected chi connectivity index (χ3v) is 4.48. The van der Waals surface area contributed by atoms with E-state index in [2.05, 4.69) is 10.3 Å². The number of rotatable bonds is 5. The molecule has 0 aliphatic carbocycles. The molecular formula is C21H22FN3O3. The number of allylic oxidation sites excluding steroid dienone is 1. The van der Waals surface area contributed by atoms with E-state index in [1.165, 1.54) is 18.0 Å². The van der Waals surface area contributed by atoms with Crippen molar-refractivity contribution in [1.29, 1.82) is 0 Å². The molecule has 0 bridgehead atoms. The number of carbonyl (C=O) groups is 1. The predicted molar refractivity (Wildman–Crippen MR) is 108 cm³/mol. The normalized spacial score (nSPS) is 14.6. The molecule has 3 rings (SSSR count). The molecule has 28 heavy (non-hydrogen) atoms. The molecule has 1 aliphatic rings. The SMILES string of the molecule is CC=N/C(COc1ccc(C)c(N2Cc3c(O)cccc3NC2=O)c1)=C(\C)F. The molecule has 1 aliphatic heterocycles. The Bertz CT molecular complexity index is 965. The fraction of sp³-hybridized carbons (Fsp3) is 0.238. The van der Waals surface area contributed by atoms with Gasteiger partial charge in [-0.15, -0.1) is 0 Å². The third-order valence-electron chi connectivity index (χ3n) is 4.48. The molecule has 0 unspecified atom stereocenters. The molecule has 0 spiro atoms. The fourth-order valence-electron chi connectivity index (χ4n) is 2.97. The largest absolute Gasteiger partial charge is 0.508 e. The molecule has 2 amide bonds. The lowest BCUT2D eigenvalue weighted by Gasteiger charge is -2.31. The summed E-state index contributed by atoms with van der Waals surface area (Å²) in [6.07, 6.45) is 1.50. The van der Waals surface area contributed by atoms with Gasteiger partial charge in [0.1, 0.15) is 29.6 Å². The first-order chi connectivity index (χ1) is 13.4. The Morgan fingerprint density at radius 2 is 2.18 bits per heavy atom. The number of anilines is 2. The highest BCUT2D eigenvalue weighted by Crippen LogP contribution is 2.35. The summed E-state index contributed by atoms with van der Waals surface area (Å²) in [6.45, 7) is 5.12. The van der Waals surface area contributed by atoms with Crippen LogP contribution >= 0.6 is 0 Å². The highest BCUT2D eigenvalue weighted by molar-refractivity contribution is 6.05. The lowest BCUT2D eigenvalue weighted by Crippen LogP contribution is -2.39. The Hall–Kier alpha value is -3.35. The molecule has 7 heteroatoms. The van der Waals surface area contributed by atoms with E-state index in [-0.39, 0.29) is 30.6 Å². The number of aromatic hydroxyl groups is 1. The maximum atomic E-state index is 13.5. The van der Waals surface area contributed by atoms with Crippen LogP contribution in [0.4, 0.5) is 20.6 Å². The maximum Gasteiger partial charge on any atom is 0.326 e. The highest BCUT2D eigenvalue weighted by Gasteiger charge is 2.27. The van der Waals surface area contributed by atoms with E-state index in [0.717, 1.165) is 5.56 Å². The van der Waals surface area contributed by atoms with Gasteiger partial charge in [-0.3, -0.25) is 9.89 Å². The monoisotopic (exact) mass is 383 g/mol. The van der Waals surface area contributed by atoms with Crippen molar-refractivity contribution in [3.05, 3.63) is 59.0 Å². The second-order valence-electron chi connectivity index (χ2n) is 6.42. The molecule has 2 aromatic rings. The summed E-state index contributed by atoms with van der Waals surface area (Å²) >= 11 is 0. The van der Waals surface area contributed by atoms with E-state index in [4.69, 9.17) is 4.74 Å². The predicted octanol–water partition coefficient (Wildman–Crippen LogP) is 4.92. The number of phenolic OH excluding ortho intramolecular Hbond substituents is 1. The number of nitrogens with one attached hydrogen (secondary N) is 1. The number of ether oxygens (including phenoxy) is 1. The summed E-state index contributed by atoms with van der Waals surface area (Å²) in [5.74, 6) is 0.202. The van der Waals surface area contributed by atoms with E-state index < -0.39 is 5.83 Å². The molecule has 146 valence electrons. The number of amides is 2. The summed E-state index contributed by atoms with van der Waals surface area (Å²) in [5.41, 5.74) is 2.95. The van der Waals surface area contributed by atoms with Crippen LogP contribution in [0.15, 0.2) is 52.9 Å². The number of aliphatic imine (C=N–C) groups is 1. The van der Waals surface area contributed by atoms with E-state index in [0.29, 0.717) is 22.7 Å². The van der Waals surface area contributed by atoms with Crippen LogP contribution in [0, 0.1) is 6.92 Å². The summed E-state index contributed by atoms with van der Waals surface area (Å²) in [4.78, 5) is 18.1. The number of fused-ring (bicyclic) bond motifs is 1. The van der Waals surface area contributed by atoms with Gasteiger partial charge < -0.3 is 15.2 Å². The summed E-state index contributed by atoms with van der Waals surface area (Å²) < 4.78 is 19.2. The summed E-state index contributed by atoms with van der Waals surface area (Å²) in [7, 11) is 0. The van der Waals surface area contributed by atoms with Crippen molar-refractivity contribution in [3.63, 3.8) is 0 Å². The van der Waals surface area contributed by atoms with Crippen LogP contribution in [-0.4, -0.2) is 24.0 Å². The van der Waals surface area contributed by atoms with Gasteiger partial charge in [0.25, 0.3) is 0 Å². The fourth-order valence-corrected chi connectivity index (χ4v) is 2.97. The minimum atomic E-state index is -0.409. The molecule has 1 heterocycles. The Morgan fingerprint density at radius 1 is 1.39 bits per heavy atom. The van der Waals surface area contributed by atoms with Crippen molar-refractivity contribution in [1.82, 2.24) is 0 Å². The quantitative estimate of drug-likeness (QED) is 0.720. The molecule has 0 aromatic heterocycles. The van der Waals surface area contributed by atoms with Crippen molar-refractivity contribution in [2.24, 2.45) is 4.99 Å². The molecule has 6 nitrogen and oxygen atoms in total. The van der Waals surface area contributed by atoms with Crippen molar-refractivity contribution in [3.8, 4) is 11.5 Å². The average Bonchev–Trinajstić information content (AvgIpc) is 2.66. The van der Waals surface area contributed by atoms with E-state index in [1.807, 2.05) is 13.0 Å². The van der Waals surface area contributed by atoms with Crippen LogP contribution in [0.25, 0.3) is 0 Å². The summed E-state index contributed by atoms with van der Waals surface area (Å²) in [6, 6.07) is 10.0. The van der Waals surface area contributed by atoms with Gasteiger partial charge in [0.05, 0.1) is 17.9 Å². The number of hydrogen-bond donors (Lipinski definition) is 2. The zero-order chi connectivity index (χ0) is 20.3. The second kappa shape index (κ2) is 8.12. The number of nitrogens with zero attached hydrogens (tertiary/aromatic N) is 2. The van der Waals surface area contributed by atoms with Gasteiger partial charge in [0.15, 0.2) is 0 Å². The van der Waals surface area contributed by atoms with Crippen molar-refractivity contribution in [2.45, 2.75) is 27.3 Å². The summed E-state index contributed by atoms with van der Waals surface area (Å²) in [5, 5.41) is 12.9. The average molecular weight is 383 g/mol. The van der Waals surface area contributed by atoms with Crippen LogP contribution < -0.4 is 15.0 Å². The Kier molecular flexibility index (Phi) is 5.63. The number of urea groups is 1. The van der Waals surface area contributed by atoms with Gasteiger partial charge in [0, 0.05) is 17.8 Å². The number of carbonyl (C=O) groups excluding carboxylic acids is 1. The Labute approximate surface area is 163 Å². The van der Waals surface area contributed by atoms with Crippen LogP contribution in [0.1, 0.15) is 25.0 Å². The second-order valence-corrected chi connectivity index (χ2v) is 6.42. The van der Waals surface area contributed by atoms with E-state index in [9.17, 15) is 14.3 Å². The molecule has 0 radical (unpaired) electrons. The smallest absolute Gasteiger partial charge is 0.326 e. The van der Waals surface area contributed by atoms with E-state index >= 15 is 0 Å². The first-order valence-electron chi connectivity index (χ1n) is 8.87. The topological polar surface area (TPSA) is 74.2 Å². The lowest BCUT2D eigenvalue weighted by atomic mass is 10.1. The van der Waals surface area contributed by atoms with Crippen LogP contribution in [0.5, 0.6) is 11.5 Å². The lowest BCUT2D eigenvalue weighted by molar-refractivity contribution is 0.256. The van der Waals surface area contributed by atoms with Gasteiger partial charge in [-0.25, -0.2) is 9.18 Å². The number of hydrogen-bond acceptors (Lipinski definition) is 4. The zero-order valence-corrected chi connectivity index (χ0v) is 16.0. The van der Waals surface area contributed by atoms with Gasteiger partial charge in [-0.1, -0.05) is 12.1 Å². The minimum absolute atomic E-state index is 0.0228. The van der Waals surface area contributed by atoms with E-state index in [1.54, 1.807) is 37.3 Å². The molecular weight excluding hydrogens is 361 g/mol. The zero-order valence-electron chi connectivity index (χ0n) is 16.0. The molecule has 0 fully saturated rings. The number of halogens is 1. The standard InChI is InChI=1S/C21H22FN3O3/c1-4-23-18(14(3)22)12-28-15-9-8-13(2)19(10-15)25-11-16-17(24-21(25)27)6-5-7-20(16)26/h4-10,26H,11-12H2,1-3H3,(H,24,27)/b18-14+,23-4?. The van der Waals surface area contributed by atoms with Crippen molar-refractivity contribution >= 4 is 23.6 Å². The number of phenols is 1. The number of benzene rings is 2. The third kappa shape index (κ3) is 3.98. The van der Waals surface area contributed by atoms with Gasteiger partial charge in [-0.2, -0.15) is 0 Å². The first-order valence-corrected chi connectivity index (χ1v) is 8.87. The number of aryl methyl sites for hydroxylation is 1. The van der Waals surface area contributed by atoms with Gasteiger partial charge in [0.2, 0.25) is 0 Å². The van der Waals surface area contributed by atoms with Gasteiger partial charge in [-0.05, 0) is 44.5 Å². The molecule has 0 saturated carbocycles. The van der Waals surface area contributed by atoms with Crippen molar-refractivity contribution < 1.29 is 19.0 Å². The van der Waals surface area contributed by atoms with Crippen LogP contribution in [-0.2, 0) is 6.54 Å². The van der Waals surface area contributed by atoms with Crippen LogP contribution in [0.2, 0.25) is 0 Å². The molecule has 2 aromatic carbocycles. The Balaban J connectivity index is 1.87. The van der Waals surface area contributed by atoms with Gasteiger partial charge >= 0.3 is 6.03 Å². The maximum absolute atomic E-state index is 13.5. The minimum Gasteiger partial charge on any atom is -0.508 e.